The molecule has 1 rings (SSSR count). The Morgan fingerprint density at radius 1 is 1.57 bits per heavy atom. The molecule has 1 atom stereocenters. The maximum atomic E-state index is 11.6. The summed E-state index contributed by atoms with van der Waals surface area (Å²) in [5.74, 6) is -0.363. The molecule has 0 spiro atoms. The Labute approximate surface area is 83.4 Å². The molecule has 1 heterocycles. The normalized spacial score (nSPS) is 22.1. The predicted molar refractivity (Wildman–Crippen MR) is 50.8 cm³/mol. The van der Waals surface area contributed by atoms with E-state index >= 15 is 0 Å². The Morgan fingerprint density at radius 2 is 2.14 bits per heavy atom. The third-order valence-electron chi connectivity index (χ3n) is 1.91. The molecular weight excluding hydrogens is 184 g/mol. The van der Waals surface area contributed by atoms with Gasteiger partial charge in [-0.1, -0.05) is 0 Å². The number of hydrogen-bond acceptors (Lipinski definition) is 3. The van der Waals surface area contributed by atoms with Crippen LogP contribution in [-0.4, -0.2) is 42.1 Å². The number of likely N-dealkylation sites (N-methyl/N-ethyl adjacent to an activating group) is 1. The number of hydrogen-bond donors (Lipinski definition) is 1. The molecule has 0 radical (unpaired) electrons. The molecule has 0 aromatic heterocycles. The minimum Gasteiger partial charge on any atom is -0.458 e. The van der Waals surface area contributed by atoms with Crippen LogP contribution in [0, 0.1) is 0 Å². The zero-order valence-corrected chi connectivity index (χ0v) is 8.96. The number of ether oxygens (including phenoxy) is 1. The van der Waals surface area contributed by atoms with E-state index in [9.17, 15) is 9.59 Å². The molecule has 1 aliphatic heterocycles. The Kier molecular flexibility index (Phi) is 2.69. The van der Waals surface area contributed by atoms with Crippen LogP contribution in [0.5, 0.6) is 0 Å². The van der Waals surface area contributed by atoms with Gasteiger partial charge in [0.2, 0.25) is 0 Å². The van der Waals surface area contributed by atoms with Gasteiger partial charge in [-0.2, -0.15) is 0 Å². The van der Waals surface area contributed by atoms with E-state index in [0.717, 1.165) is 0 Å². The van der Waals surface area contributed by atoms with E-state index in [1.54, 1.807) is 27.8 Å². The SMILES string of the molecule is CN1C(=O)NC[C@@H]1C(=O)OC(C)(C)C. The Balaban J connectivity index is 2.58. The second-order valence-electron chi connectivity index (χ2n) is 4.35. The molecule has 14 heavy (non-hydrogen) atoms. The molecule has 80 valence electrons. The largest absolute Gasteiger partial charge is 0.458 e. The summed E-state index contributed by atoms with van der Waals surface area (Å²) in [6.07, 6.45) is 0. The van der Waals surface area contributed by atoms with Gasteiger partial charge in [0.15, 0.2) is 0 Å². The molecule has 1 fully saturated rings. The van der Waals surface area contributed by atoms with Gasteiger partial charge in [0.25, 0.3) is 0 Å². The van der Waals surface area contributed by atoms with Crippen LogP contribution < -0.4 is 5.32 Å². The lowest BCUT2D eigenvalue weighted by Gasteiger charge is -2.24. The van der Waals surface area contributed by atoms with Gasteiger partial charge in [-0.05, 0) is 20.8 Å². The summed E-state index contributed by atoms with van der Waals surface area (Å²) < 4.78 is 5.17. The van der Waals surface area contributed by atoms with Crippen molar-refractivity contribution in [1.29, 1.82) is 0 Å². The summed E-state index contributed by atoms with van der Waals surface area (Å²) >= 11 is 0. The molecule has 0 aromatic carbocycles. The first-order valence-electron chi connectivity index (χ1n) is 4.55. The minimum absolute atomic E-state index is 0.235. The van der Waals surface area contributed by atoms with E-state index < -0.39 is 11.6 Å². The molecule has 0 aliphatic carbocycles. The highest BCUT2D eigenvalue weighted by atomic mass is 16.6. The second kappa shape index (κ2) is 3.48. The maximum absolute atomic E-state index is 11.6. The lowest BCUT2D eigenvalue weighted by Crippen LogP contribution is -2.40. The smallest absolute Gasteiger partial charge is 0.331 e. The number of rotatable bonds is 1. The highest BCUT2D eigenvalue weighted by Gasteiger charge is 2.35. The van der Waals surface area contributed by atoms with E-state index in [4.69, 9.17) is 4.74 Å². The third-order valence-corrected chi connectivity index (χ3v) is 1.91. The average Bonchev–Trinajstić information content (AvgIpc) is 2.29. The second-order valence-corrected chi connectivity index (χ2v) is 4.35. The predicted octanol–water partition coefficient (Wildman–Crippen LogP) is 0.352. The quantitative estimate of drug-likeness (QED) is 0.621. The molecule has 0 saturated carbocycles. The van der Waals surface area contributed by atoms with Crippen LogP contribution >= 0.6 is 0 Å². The van der Waals surface area contributed by atoms with E-state index in [-0.39, 0.29) is 12.0 Å². The highest BCUT2D eigenvalue weighted by Crippen LogP contribution is 2.12. The minimum atomic E-state index is -0.510. The molecule has 0 bridgehead atoms. The van der Waals surface area contributed by atoms with Crippen molar-refractivity contribution in [2.75, 3.05) is 13.6 Å². The summed E-state index contributed by atoms with van der Waals surface area (Å²) in [6, 6.07) is -0.734. The fraction of sp³-hybridized carbons (Fsp3) is 0.778. The number of carbonyl (C=O) groups is 2. The van der Waals surface area contributed by atoms with E-state index in [1.165, 1.54) is 4.90 Å². The molecule has 1 saturated heterocycles. The molecule has 2 amide bonds. The number of nitrogens with zero attached hydrogens (tertiary/aromatic N) is 1. The monoisotopic (exact) mass is 200 g/mol. The van der Waals surface area contributed by atoms with Crippen molar-refractivity contribution in [2.24, 2.45) is 0 Å². The van der Waals surface area contributed by atoms with Crippen molar-refractivity contribution in [2.45, 2.75) is 32.4 Å². The molecule has 1 N–H and O–H groups in total. The van der Waals surface area contributed by atoms with E-state index in [2.05, 4.69) is 5.32 Å². The summed E-state index contributed by atoms with van der Waals surface area (Å²) in [5.41, 5.74) is -0.510. The summed E-state index contributed by atoms with van der Waals surface area (Å²) in [6.45, 7) is 5.73. The highest BCUT2D eigenvalue weighted by molar-refractivity contribution is 5.87. The Morgan fingerprint density at radius 3 is 2.50 bits per heavy atom. The van der Waals surface area contributed by atoms with Crippen molar-refractivity contribution < 1.29 is 14.3 Å². The first-order chi connectivity index (χ1) is 6.31. The number of amides is 2. The van der Waals surface area contributed by atoms with Crippen molar-refractivity contribution in [3.05, 3.63) is 0 Å². The molecule has 0 unspecified atom stereocenters. The van der Waals surface area contributed by atoms with E-state index in [0.29, 0.717) is 6.54 Å². The van der Waals surface area contributed by atoms with Gasteiger partial charge >= 0.3 is 12.0 Å². The van der Waals surface area contributed by atoms with Crippen LogP contribution in [0.15, 0.2) is 0 Å². The number of esters is 1. The first-order valence-corrected chi connectivity index (χ1v) is 4.55. The van der Waals surface area contributed by atoms with Gasteiger partial charge in [0, 0.05) is 7.05 Å². The van der Waals surface area contributed by atoms with Crippen LogP contribution in [-0.2, 0) is 9.53 Å². The van der Waals surface area contributed by atoms with Crippen molar-refractivity contribution in [3.8, 4) is 0 Å². The molecule has 5 nitrogen and oxygen atoms in total. The number of nitrogens with one attached hydrogen (secondary N) is 1. The fourth-order valence-corrected chi connectivity index (χ4v) is 1.20. The maximum Gasteiger partial charge on any atom is 0.331 e. The first kappa shape index (κ1) is 10.8. The van der Waals surface area contributed by atoms with Crippen molar-refractivity contribution in [3.63, 3.8) is 0 Å². The lowest BCUT2D eigenvalue weighted by molar-refractivity contribution is -0.158. The molecular formula is C9H16N2O3. The van der Waals surface area contributed by atoms with Crippen LogP contribution in [0.1, 0.15) is 20.8 Å². The molecule has 5 heteroatoms. The van der Waals surface area contributed by atoms with Gasteiger partial charge < -0.3 is 15.0 Å². The van der Waals surface area contributed by atoms with Crippen LogP contribution in [0.4, 0.5) is 4.79 Å². The van der Waals surface area contributed by atoms with Gasteiger partial charge in [-0.3, -0.25) is 0 Å². The van der Waals surface area contributed by atoms with E-state index in [1.807, 2.05) is 0 Å². The average molecular weight is 200 g/mol. The standard InChI is InChI=1S/C9H16N2O3/c1-9(2,3)14-7(12)6-5-10-8(13)11(6)4/h6H,5H2,1-4H3,(H,10,13)/t6-/m1/s1. The third kappa shape index (κ3) is 2.37. The Hall–Kier alpha value is -1.26. The molecule has 1 aliphatic rings. The van der Waals surface area contributed by atoms with Crippen LogP contribution in [0.3, 0.4) is 0 Å². The number of carbonyl (C=O) groups excluding carboxylic acids is 2. The lowest BCUT2D eigenvalue weighted by atomic mass is 10.2. The zero-order chi connectivity index (χ0) is 10.9. The summed E-state index contributed by atoms with van der Waals surface area (Å²) in [7, 11) is 1.58. The molecule has 0 aromatic rings. The topological polar surface area (TPSA) is 58.6 Å². The van der Waals surface area contributed by atoms with Crippen molar-refractivity contribution in [1.82, 2.24) is 10.2 Å². The zero-order valence-electron chi connectivity index (χ0n) is 8.96. The fourth-order valence-electron chi connectivity index (χ4n) is 1.20. The van der Waals surface area contributed by atoms with Crippen LogP contribution in [0.25, 0.3) is 0 Å². The number of urea groups is 1. The van der Waals surface area contributed by atoms with Crippen molar-refractivity contribution >= 4 is 12.0 Å². The summed E-state index contributed by atoms with van der Waals surface area (Å²) in [5, 5.41) is 2.57. The van der Waals surface area contributed by atoms with Gasteiger partial charge in [0.1, 0.15) is 11.6 Å². The Bertz CT molecular complexity index is 257. The van der Waals surface area contributed by atoms with Gasteiger partial charge in [-0.25, -0.2) is 9.59 Å². The summed E-state index contributed by atoms with van der Waals surface area (Å²) in [4.78, 5) is 24.0. The van der Waals surface area contributed by atoms with Gasteiger partial charge in [-0.15, -0.1) is 0 Å². The van der Waals surface area contributed by atoms with Gasteiger partial charge in [0.05, 0.1) is 6.54 Å². The van der Waals surface area contributed by atoms with Crippen LogP contribution in [0.2, 0.25) is 0 Å².